The summed E-state index contributed by atoms with van der Waals surface area (Å²) in [5.74, 6) is 1.65. The maximum atomic E-state index is 12.0. The highest BCUT2D eigenvalue weighted by Crippen LogP contribution is 2.18. The van der Waals surface area contributed by atoms with Crippen molar-refractivity contribution in [1.82, 2.24) is 25.5 Å². The number of hydrogen-bond donors (Lipinski definition) is 2. The molecule has 2 N–H and O–H groups in total. The van der Waals surface area contributed by atoms with Gasteiger partial charge in [-0.05, 0) is 31.4 Å². The van der Waals surface area contributed by atoms with Crippen LogP contribution in [0.5, 0.6) is 0 Å². The van der Waals surface area contributed by atoms with E-state index in [9.17, 15) is 4.79 Å². The zero-order valence-corrected chi connectivity index (χ0v) is 12.3. The molecule has 0 fully saturated rings. The van der Waals surface area contributed by atoms with Crippen molar-refractivity contribution < 1.29 is 4.79 Å². The van der Waals surface area contributed by atoms with Crippen LogP contribution in [-0.4, -0.2) is 32.6 Å². The molecule has 1 atom stereocenters. The summed E-state index contributed by atoms with van der Waals surface area (Å²) in [6.07, 6.45) is 11.1. The lowest BCUT2D eigenvalue weighted by atomic mass is 9.94. The van der Waals surface area contributed by atoms with E-state index in [2.05, 4.69) is 37.6 Å². The van der Waals surface area contributed by atoms with E-state index in [1.807, 2.05) is 12.1 Å². The van der Waals surface area contributed by atoms with Crippen molar-refractivity contribution in [3.63, 3.8) is 0 Å². The Labute approximate surface area is 129 Å². The Morgan fingerprint density at radius 3 is 3.14 bits per heavy atom. The summed E-state index contributed by atoms with van der Waals surface area (Å²) in [6.45, 7) is 0.570. The van der Waals surface area contributed by atoms with E-state index in [-0.39, 0.29) is 11.8 Å². The SMILES string of the molecule is O=C(NCCc1nc(-c2cccnc2)n[nH]1)C1CC=CCC1. The van der Waals surface area contributed by atoms with Gasteiger partial charge in [-0.2, -0.15) is 5.10 Å². The molecule has 2 aromatic rings. The number of aromatic amines is 1. The van der Waals surface area contributed by atoms with E-state index in [4.69, 9.17) is 0 Å². The average Bonchev–Trinajstić information content (AvgIpc) is 3.05. The van der Waals surface area contributed by atoms with Crippen molar-refractivity contribution in [2.45, 2.75) is 25.7 Å². The third-order valence-corrected chi connectivity index (χ3v) is 3.75. The van der Waals surface area contributed by atoms with Crippen molar-refractivity contribution in [2.75, 3.05) is 6.54 Å². The Balaban J connectivity index is 1.49. The number of carbonyl (C=O) groups excluding carboxylic acids is 1. The topological polar surface area (TPSA) is 83.6 Å². The smallest absolute Gasteiger partial charge is 0.223 e. The molecule has 2 heterocycles. The van der Waals surface area contributed by atoms with Gasteiger partial charge in [-0.3, -0.25) is 14.9 Å². The molecule has 1 aliphatic rings. The number of rotatable bonds is 5. The number of nitrogens with zero attached hydrogens (tertiary/aromatic N) is 3. The number of pyridine rings is 1. The molecular formula is C16H19N5O. The fraction of sp³-hybridized carbons (Fsp3) is 0.375. The van der Waals surface area contributed by atoms with Gasteiger partial charge in [-0.15, -0.1) is 0 Å². The number of hydrogen-bond acceptors (Lipinski definition) is 4. The largest absolute Gasteiger partial charge is 0.355 e. The third-order valence-electron chi connectivity index (χ3n) is 3.75. The van der Waals surface area contributed by atoms with Crippen molar-refractivity contribution >= 4 is 5.91 Å². The first-order valence-corrected chi connectivity index (χ1v) is 7.57. The minimum absolute atomic E-state index is 0.116. The predicted molar refractivity (Wildman–Crippen MR) is 82.8 cm³/mol. The standard InChI is InChI=1S/C16H19N5O/c22-16(12-5-2-1-3-6-12)18-10-8-14-19-15(21-20-14)13-7-4-9-17-11-13/h1-2,4,7,9,11-12H,3,5-6,8,10H2,(H,18,22)(H,19,20,21). The molecule has 22 heavy (non-hydrogen) atoms. The molecule has 114 valence electrons. The van der Waals surface area contributed by atoms with Crippen LogP contribution in [0.4, 0.5) is 0 Å². The first-order valence-electron chi connectivity index (χ1n) is 7.57. The van der Waals surface area contributed by atoms with Crippen molar-refractivity contribution in [3.05, 3.63) is 42.5 Å². The summed E-state index contributed by atoms with van der Waals surface area (Å²) in [4.78, 5) is 20.5. The van der Waals surface area contributed by atoms with Gasteiger partial charge in [0.15, 0.2) is 5.82 Å². The quantitative estimate of drug-likeness (QED) is 0.825. The van der Waals surface area contributed by atoms with Gasteiger partial charge in [0.2, 0.25) is 5.91 Å². The Kier molecular flexibility index (Phi) is 4.58. The van der Waals surface area contributed by atoms with Crippen LogP contribution in [0.3, 0.4) is 0 Å². The molecule has 6 heteroatoms. The lowest BCUT2D eigenvalue weighted by molar-refractivity contribution is -0.125. The summed E-state index contributed by atoms with van der Waals surface area (Å²) in [6, 6.07) is 3.77. The van der Waals surface area contributed by atoms with E-state index in [0.717, 1.165) is 30.7 Å². The molecule has 6 nitrogen and oxygen atoms in total. The van der Waals surface area contributed by atoms with Crippen LogP contribution in [0.1, 0.15) is 25.1 Å². The summed E-state index contributed by atoms with van der Waals surface area (Å²) >= 11 is 0. The number of carbonyl (C=O) groups is 1. The fourth-order valence-electron chi connectivity index (χ4n) is 2.51. The van der Waals surface area contributed by atoms with Gasteiger partial charge >= 0.3 is 0 Å². The molecule has 1 aliphatic carbocycles. The van der Waals surface area contributed by atoms with Crippen LogP contribution < -0.4 is 5.32 Å². The van der Waals surface area contributed by atoms with Gasteiger partial charge in [0, 0.05) is 36.8 Å². The molecule has 1 amide bonds. The van der Waals surface area contributed by atoms with Crippen LogP contribution in [-0.2, 0) is 11.2 Å². The highest BCUT2D eigenvalue weighted by atomic mass is 16.1. The van der Waals surface area contributed by atoms with E-state index in [0.29, 0.717) is 18.8 Å². The van der Waals surface area contributed by atoms with Gasteiger partial charge in [0.05, 0.1) is 0 Å². The van der Waals surface area contributed by atoms with Gasteiger partial charge in [-0.25, -0.2) is 4.98 Å². The van der Waals surface area contributed by atoms with E-state index < -0.39 is 0 Å². The average molecular weight is 297 g/mol. The Hall–Kier alpha value is -2.50. The van der Waals surface area contributed by atoms with Crippen LogP contribution in [0, 0.1) is 5.92 Å². The van der Waals surface area contributed by atoms with E-state index in [1.165, 1.54) is 0 Å². The number of aromatic nitrogens is 4. The lowest BCUT2D eigenvalue weighted by Gasteiger charge is -2.16. The lowest BCUT2D eigenvalue weighted by Crippen LogP contribution is -2.32. The molecule has 1 unspecified atom stereocenters. The van der Waals surface area contributed by atoms with Crippen LogP contribution in [0.25, 0.3) is 11.4 Å². The van der Waals surface area contributed by atoms with Gasteiger partial charge in [0.25, 0.3) is 0 Å². The number of allylic oxidation sites excluding steroid dienone is 2. The maximum absolute atomic E-state index is 12.0. The Bertz CT molecular complexity index is 650. The molecule has 0 spiro atoms. The minimum atomic E-state index is 0.116. The maximum Gasteiger partial charge on any atom is 0.223 e. The van der Waals surface area contributed by atoms with Gasteiger partial charge in [0.1, 0.15) is 5.82 Å². The van der Waals surface area contributed by atoms with Crippen LogP contribution in [0.2, 0.25) is 0 Å². The summed E-state index contributed by atoms with van der Waals surface area (Å²) < 4.78 is 0. The third kappa shape index (κ3) is 3.58. The molecule has 0 saturated carbocycles. The zero-order chi connectivity index (χ0) is 15.2. The van der Waals surface area contributed by atoms with Crippen LogP contribution in [0.15, 0.2) is 36.7 Å². The molecule has 2 aromatic heterocycles. The highest BCUT2D eigenvalue weighted by molar-refractivity contribution is 5.78. The van der Waals surface area contributed by atoms with Gasteiger partial charge < -0.3 is 5.32 Å². The molecule has 0 aliphatic heterocycles. The Morgan fingerprint density at radius 1 is 1.41 bits per heavy atom. The monoisotopic (exact) mass is 297 g/mol. The molecule has 0 radical (unpaired) electrons. The van der Waals surface area contributed by atoms with E-state index >= 15 is 0 Å². The van der Waals surface area contributed by atoms with Crippen molar-refractivity contribution in [2.24, 2.45) is 5.92 Å². The van der Waals surface area contributed by atoms with Crippen molar-refractivity contribution in [1.29, 1.82) is 0 Å². The highest BCUT2D eigenvalue weighted by Gasteiger charge is 2.18. The molecular weight excluding hydrogens is 278 g/mol. The molecule has 3 rings (SSSR count). The summed E-state index contributed by atoms with van der Waals surface area (Å²) in [5, 5.41) is 10.1. The molecule has 0 bridgehead atoms. The summed E-state index contributed by atoms with van der Waals surface area (Å²) in [5.41, 5.74) is 0.878. The first-order chi connectivity index (χ1) is 10.8. The second-order valence-corrected chi connectivity index (χ2v) is 5.37. The summed E-state index contributed by atoms with van der Waals surface area (Å²) in [7, 11) is 0. The van der Waals surface area contributed by atoms with Crippen molar-refractivity contribution in [3.8, 4) is 11.4 Å². The normalized spacial score (nSPS) is 17.4. The van der Waals surface area contributed by atoms with Crippen LogP contribution >= 0.6 is 0 Å². The fourth-order valence-corrected chi connectivity index (χ4v) is 2.51. The number of amides is 1. The molecule has 0 saturated heterocycles. The minimum Gasteiger partial charge on any atom is -0.355 e. The first kappa shape index (κ1) is 14.4. The number of nitrogens with one attached hydrogen (secondary N) is 2. The Morgan fingerprint density at radius 2 is 2.36 bits per heavy atom. The number of H-pyrrole nitrogens is 1. The molecule has 0 aromatic carbocycles. The van der Waals surface area contributed by atoms with E-state index in [1.54, 1.807) is 12.4 Å². The predicted octanol–water partition coefficient (Wildman–Crippen LogP) is 1.88. The second-order valence-electron chi connectivity index (χ2n) is 5.37. The second kappa shape index (κ2) is 6.98. The van der Waals surface area contributed by atoms with Gasteiger partial charge in [-0.1, -0.05) is 12.2 Å². The zero-order valence-electron chi connectivity index (χ0n) is 12.3.